The van der Waals surface area contributed by atoms with Crippen LogP contribution in [0.15, 0.2) is 24.3 Å². The molecule has 0 aromatic heterocycles. The van der Waals surface area contributed by atoms with Gasteiger partial charge in [-0.25, -0.2) is 0 Å². The molecule has 98 valence electrons. The summed E-state index contributed by atoms with van der Waals surface area (Å²) in [5.74, 6) is 1.63. The molecule has 0 bridgehead atoms. The average Bonchev–Trinajstić information content (AvgIpc) is 3.16. The van der Waals surface area contributed by atoms with Gasteiger partial charge in [-0.3, -0.25) is 4.90 Å². The van der Waals surface area contributed by atoms with E-state index in [-0.39, 0.29) is 0 Å². The van der Waals surface area contributed by atoms with Crippen molar-refractivity contribution in [2.75, 3.05) is 27.2 Å². The van der Waals surface area contributed by atoms with Crippen molar-refractivity contribution in [1.29, 1.82) is 0 Å². The van der Waals surface area contributed by atoms with Crippen LogP contribution in [0.25, 0.3) is 0 Å². The molecule has 0 amide bonds. The lowest BCUT2D eigenvalue weighted by Crippen LogP contribution is -2.26. The minimum Gasteiger partial charge on any atom is -0.319 e. The summed E-state index contributed by atoms with van der Waals surface area (Å²) in [5, 5.41) is 3.34. The van der Waals surface area contributed by atoms with Gasteiger partial charge in [0.25, 0.3) is 0 Å². The summed E-state index contributed by atoms with van der Waals surface area (Å²) in [6, 6.07) is 10.0. The van der Waals surface area contributed by atoms with Crippen molar-refractivity contribution in [1.82, 2.24) is 10.2 Å². The van der Waals surface area contributed by atoms with Gasteiger partial charge in [-0.15, -0.1) is 0 Å². The van der Waals surface area contributed by atoms with Crippen LogP contribution in [0.5, 0.6) is 0 Å². The van der Waals surface area contributed by atoms with Crippen molar-refractivity contribution in [2.24, 2.45) is 5.92 Å². The van der Waals surface area contributed by atoms with E-state index in [4.69, 9.17) is 0 Å². The second-order valence-corrected chi connectivity index (χ2v) is 5.97. The van der Waals surface area contributed by atoms with Crippen LogP contribution in [0, 0.1) is 5.92 Å². The number of nitrogens with zero attached hydrogens (tertiary/aromatic N) is 1. The molecule has 0 spiro atoms. The highest BCUT2D eigenvalue weighted by atomic mass is 15.2. The van der Waals surface area contributed by atoms with Crippen LogP contribution in [0.2, 0.25) is 0 Å². The molecule has 1 heterocycles. The molecule has 1 aromatic rings. The van der Waals surface area contributed by atoms with Crippen LogP contribution in [-0.2, 0) is 0 Å². The molecule has 2 nitrogen and oxygen atoms in total. The van der Waals surface area contributed by atoms with Crippen LogP contribution in [0.3, 0.4) is 0 Å². The van der Waals surface area contributed by atoms with Crippen LogP contribution >= 0.6 is 0 Å². The Balaban J connectivity index is 1.78. The summed E-state index contributed by atoms with van der Waals surface area (Å²) in [5.41, 5.74) is 3.05. The molecule has 1 saturated carbocycles. The Morgan fingerprint density at radius 2 is 1.78 bits per heavy atom. The summed E-state index contributed by atoms with van der Waals surface area (Å²) < 4.78 is 0. The van der Waals surface area contributed by atoms with Crippen molar-refractivity contribution >= 4 is 0 Å². The molecule has 1 saturated heterocycles. The Kier molecular flexibility index (Phi) is 3.40. The number of hydrogen-bond donors (Lipinski definition) is 1. The summed E-state index contributed by atoms with van der Waals surface area (Å²) in [4.78, 5) is 2.51. The van der Waals surface area contributed by atoms with Crippen LogP contribution in [0.4, 0.5) is 0 Å². The van der Waals surface area contributed by atoms with E-state index in [0.717, 1.165) is 18.4 Å². The third-order valence-corrected chi connectivity index (χ3v) is 4.57. The molecular weight excluding hydrogens is 220 g/mol. The second kappa shape index (κ2) is 5.02. The second-order valence-electron chi connectivity index (χ2n) is 5.97. The molecule has 18 heavy (non-hydrogen) atoms. The number of benzene rings is 1. The standard InChI is InChI=1S/C16H24N2/c1-17-11-15-9-10-18(2)16(15)14-7-5-13(6-8-14)12-3-4-12/h5-8,12,15-17H,3-4,9-11H2,1-2H3. The Morgan fingerprint density at radius 3 is 2.39 bits per heavy atom. The lowest BCUT2D eigenvalue weighted by molar-refractivity contribution is 0.274. The zero-order valence-corrected chi connectivity index (χ0v) is 11.5. The predicted octanol–water partition coefficient (Wildman–Crippen LogP) is 2.78. The quantitative estimate of drug-likeness (QED) is 0.876. The van der Waals surface area contributed by atoms with Gasteiger partial charge in [0.15, 0.2) is 0 Å². The Morgan fingerprint density at radius 1 is 1.11 bits per heavy atom. The van der Waals surface area contributed by atoms with Crippen molar-refractivity contribution in [2.45, 2.75) is 31.2 Å². The molecule has 2 atom stereocenters. The van der Waals surface area contributed by atoms with Gasteiger partial charge in [-0.1, -0.05) is 24.3 Å². The van der Waals surface area contributed by atoms with E-state index in [0.29, 0.717) is 6.04 Å². The van der Waals surface area contributed by atoms with Gasteiger partial charge in [-0.05, 0) is 69.4 Å². The molecule has 2 fully saturated rings. The molecule has 1 N–H and O–H groups in total. The van der Waals surface area contributed by atoms with Crippen molar-refractivity contribution in [3.63, 3.8) is 0 Å². The topological polar surface area (TPSA) is 15.3 Å². The molecule has 2 heteroatoms. The number of nitrogens with one attached hydrogen (secondary N) is 1. The molecule has 0 radical (unpaired) electrons. The van der Waals surface area contributed by atoms with Gasteiger partial charge in [0.05, 0.1) is 0 Å². The van der Waals surface area contributed by atoms with Gasteiger partial charge < -0.3 is 5.32 Å². The van der Waals surface area contributed by atoms with Gasteiger partial charge in [0, 0.05) is 6.04 Å². The fourth-order valence-corrected chi connectivity index (χ4v) is 3.41. The van der Waals surface area contributed by atoms with Crippen molar-refractivity contribution in [3.05, 3.63) is 35.4 Å². The first-order valence-corrected chi connectivity index (χ1v) is 7.24. The lowest BCUT2D eigenvalue weighted by Gasteiger charge is -2.25. The fraction of sp³-hybridized carbons (Fsp3) is 0.625. The third-order valence-electron chi connectivity index (χ3n) is 4.57. The SMILES string of the molecule is CNCC1CCN(C)C1c1ccc(C2CC2)cc1. The van der Waals surface area contributed by atoms with Gasteiger partial charge in [-0.2, -0.15) is 0 Å². The van der Waals surface area contributed by atoms with E-state index in [1.165, 1.54) is 31.4 Å². The van der Waals surface area contributed by atoms with E-state index in [1.54, 1.807) is 5.56 Å². The number of rotatable bonds is 4. The van der Waals surface area contributed by atoms with E-state index < -0.39 is 0 Å². The molecule has 3 rings (SSSR count). The zero-order valence-electron chi connectivity index (χ0n) is 11.5. The minimum absolute atomic E-state index is 0.603. The highest BCUT2D eigenvalue weighted by molar-refractivity contribution is 5.30. The summed E-state index contributed by atoms with van der Waals surface area (Å²) in [6.45, 7) is 2.35. The summed E-state index contributed by atoms with van der Waals surface area (Å²) >= 11 is 0. The molecular formula is C16H24N2. The summed E-state index contributed by atoms with van der Waals surface area (Å²) in [6.07, 6.45) is 4.10. The zero-order chi connectivity index (χ0) is 12.5. The fourth-order valence-electron chi connectivity index (χ4n) is 3.41. The van der Waals surface area contributed by atoms with Crippen molar-refractivity contribution in [3.8, 4) is 0 Å². The van der Waals surface area contributed by atoms with Gasteiger partial charge in [0.1, 0.15) is 0 Å². The first-order chi connectivity index (χ1) is 8.79. The highest BCUT2D eigenvalue weighted by Crippen LogP contribution is 2.41. The van der Waals surface area contributed by atoms with Crippen LogP contribution < -0.4 is 5.32 Å². The van der Waals surface area contributed by atoms with E-state index >= 15 is 0 Å². The predicted molar refractivity (Wildman–Crippen MR) is 75.8 cm³/mol. The lowest BCUT2D eigenvalue weighted by atomic mass is 9.92. The number of likely N-dealkylation sites (tertiary alicyclic amines) is 1. The first-order valence-electron chi connectivity index (χ1n) is 7.24. The molecule has 1 aromatic carbocycles. The maximum Gasteiger partial charge on any atom is 0.0385 e. The summed E-state index contributed by atoms with van der Waals surface area (Å²) in [7, 11) is 4.32. The minimum atomic E-state index is 0.603. The maximum absolute atomic E-state index is 3.34. The van der Waals surface area contributed by atoms with Gasteiger partial charge in [0.2, 0.25) is 0 Å². The van der Waals surface area contributed by atoms with E-state index in [2.05, 4.69) is 48.6 Å². The Hall–Kier alpha value is -0.860. The molecule has 2 unspecified atom stereocenters. The maximum atomic E-state index is 3.34. The smallest absolute Gasteiger partial charge is 0.0385 e. The Bertz CT molecular complexity index is 392. The highest BCUT2D eigenvalue weighted by Gasteiger charge is 2.32. The third kappa shape index (κ3) is 2.32. The first kappa shape index (κ1) is 12.2. The Labute approximate surface area is 110 Å². The van der Waals surface area contributed by atoms with Crippen molar-refractivity contribution < 1.29 is 0 Å². The average molecular weight is 244 g/mol. The molecule has 2 aliphatic rings. The molecule has 1 aliphatic heterocycles. The number of hydrogen-bond acceptors (Lipinski definition) is 2. The van der Waals surface area contributed by atoms with Crippen LogP contribution in [0.1, 0.15) is 42.3 Å². The largest absolute Gasteiger partial charge is 0.319 e. The normalized spacial score (nSPS) is 28.8. The monoisotopic (exact) mass is 244 g/mol. The van der Waals surface area contributed by atoms with Gasteiger partial charge >= 0.3 is 0 Å². The molecule has 1 aliphatic carbocycles. The van der Waals surface area contributed by atoms with E-state index in [1.807, 2.05) is 0 Å². The van der Waals surface area contributed by atoms with E-state index in [9.17, 15) is 0 Å². The van der Waals surface area contributed by atoms with Crippen LogP contribution in [-0.4, -0.2) is 32.1 Å².